The molecule has 6 heteroatoms. The number of amides is 1. The fourth-order valence-electron chi connectivity index (χ4n) is 1.98. The molecule has 2 aromatic rings. The van der Waals surface area contributed by atoms with Crippen LogP contribution in [0.2, 0.25) is 0 Å². The second kappa shape index (κ2) is 9.44. The topological polar surface area (TPSA) is 62.4 Å². The number of hydrazine groups is 1. The molecule has 0 fully saturated rings. The minimum atomic E-state index is -0.283. The third-order valence-corrected chi connectivity index (χ3v) is 3.66. The maximum atomic E-state index is 11.8. The highest BCUT2D eigenvalue weighted by Gasteiger charge is 1.99. The molecule has 0 saturated heterocycles. The molecule has 25 heavy (non-hydrogen) atoms. The average molecular weight is 355 g/mol. The van der Waals surface area contributed by atoms with Gasteiger partial charge in [-0.15, -0.1) is 0 Å². The summed E-state index contributed by atoms with van der Waals surface area (Å²) in [6.45, 7) is 2.56. The zero-order chi connectivity index (χ0) is 18.1. The highest BCUT2D eigenvalue weighted by molar-refractivity contribution is 7.80. The van der Waals surface area contributed by atoms with Crippen molar-refractivity contribution in [2.75, 3.05) is 7.11 Å². The van der Waals surface area contributed by atoms with Crippen LogP contribution in [0.3, 0.4) is 0 Å². The first kappa shape index (κ1) is 18.5. The first-order valence-corrected chi connectivity index (χ1v) is 8.19. The van der Waals surface area contributed by atoms with Crippen LogP contribution in [0.1, 0.15) is 16.7 Å². The Morgan fingerprint density at radius 2 is 1.76 bits per heavy atom. The standard InChI is InChI=1S/C19H21N3O2S/c1-14-3-5-15(6-4-14)9-12-18(23)21-22-19(25)20-13-16-7-10-17(24-2)11-8-16/h3-12H,13H2,1-2H3,(H,21,23)(H2,20,22,25)/b12-9+. The van der Waals surface area contributed by atoms with Gasteiger partial charge in [0.2, 0.25) is 0 Å². The summed E-state index contributed by atoms with van der Waals surface area (Å²) in [4.78, 5) is 11.8. The molecule has 0 aliphatic heterocycles. The van der Waals surface area contributed by atoms with E-state index in [1.165, 1.54) is 11.6 Å². The molecule has 0 unspecified atom stereocenters. The number of thiocarbonyl (C=S) groups is 1. The lowest BCUT2D eigenvalue weighted by Crippen LogP contribution is -2.45. The van der Waals surface area contributed by atoms with E-state index in [0.717, 1.165) is 16.9 Å². The second-order valence-electron chi connectivity index (χ2n) is 5.39. The van der Waals surface area contributed by atoms with E-state index in [0.29, 0.717) is 11.7 Å². The van der Waals surface area contributed by atoms with E-state index < -0.39 is 0 Å². The summed E-state index contributed by atoms with van der Waals surface area (Å²) in [5.41, 5.74) is 8.37. The number of methoxy groups -OCH3 is 1. The van der Waals surface area contributed by atoms with Gasteiger partial charge in [0.15, 0.2) is 5.11 Å². The Morgan fingerprint density at radius 1 is 1.08 bits per heavy atom. The summed E-state index contributed by atoms with van der Waals surface area (Å²) in [6, 6.07) is 15.5. The van der Waals surface area contributed by atoms with Crippen molar-refractivity contribution in [2.45, 2.75) is 13.5 Å². The highest BCUT2D eigenvalue weighted by Crippen LogP contribution is 2.10. The molecule has 0 atom stereocenters. The Kier molecular flexibility index (Phi) is 6.98. The molecule has 0 spiro atoms. The summed E-state index contributed by atoms with van der Waals surface area (Å²) in [5.74, 6) is 0.520. The molecular weight excluding hydrogens is 334 g/mol. The number of benzene rings is 2. The molecule has 0 aliphatic rings. The minimum absolute atomic E-state index is 0.283. The van der Waals surface area contributed by atoms with Gasteiger partial charge in [-0.1, -0.05) is 42.0 Å². The normalized spacial score (nSPS) is 10.3. The van der Waals surface area contributed by atoms with E-state index in [2.05, 4.69) is 16.2 Å². The Bertz CT molecular complexity index is 740. The van der Waals surface area contributed by atoms with Crippen molar-refractivity contribution >= 4 is 29.3 Å². The van der Waals surface area contributed by atoms with Gasteiger partial charge in [0.05, 0.1) is 7.11 Å². The molecule has 0 aromatic heterocycles. The maximum absolute atomic E-state index is 11.8. The lowest BCUT2D eigenvalue weighted by molar-refractivity contribution is -0.116. The molecule has 2 rings (SSSR count). The molecule has 0 saturated carbocycles. The van der Waals surface area contributed by atoms with E-state index in [1.54, 1.807) is 13.2 Å². The van der Waals surface area contributed by atoms with E-state index in [4.69, 9.17) is 17.0 Å². The van der Waals surface area contributed by atoms with Crippen molar-refractivity contribution in [3.63, 3.8) is 0 Å². The fraction of sp³-hybridized carbons (Fsp3) is 0.158. The highest BCUT2D eigenvalue weighted by atomic mass is 32.1. The quantitative estimate of drug-likeness (QED) is 0.437. The fourth-order valence-corrected chi connectivity index (χ4v) is 2.10. The van der Waals surface area contributed by atoms with Gasteiger partial charge in [-0.05, 0) is 48.5 Å². The van der Waals surface area contributed by atoms with E-state index >= 15 is 0 Å². The van der Waals surface area contributed by atoms with Crippen LogP contribution in [0, 0.1) is 6.92 Å². The zero-order valence-corrected chi connectivity index (χ0v) is 15.0. The van der Waals surface area contributed by atoms with Gasteiger partial charge in [-0.2, -0.15) is 0 Å². The molecule has 1 amide bonds. The van der Waals surface area contributed by atoms with Crippen LogP contribution >= 0.6 is 12.2 Å². The van der Waals surface area contributed by atoms with Crippen LogP contribution in [0.5, 0.6) is 5.75 Å². The van der Waals surface area contributed by atoms with Crippen molar-refractivity contribution in [3.05, 3.63) is 71.3 Å². The summed E-state index contributed by atoms with van der Waals surface area (Å²) in [7, 11) is 1.63. The van der Waals surface area contributed by atoms with Gasteiger partial charge in [-0.25, -0.2) is 0 Å². The summed E-state index contributed by atoms with van der Waals surface area (Å²) < 4.78 is 5.11. The number of ether oxygens (including phenoxy) is 1. The van der Waals surface area contributed by atoms with Crippen molar-refractivity contribution < 1.29 is 9.53 Å². The number of carbonyl (C=O) groups is 1. The Balaban J connectivity index is 1.71. The van der Waals surface area contributed by atoms with Gasteiger partial charge in [-0.3, -0.25) is 15.6 Å². The Hall–Kier alpha value is -2.86. The number of hydrogen-bond donors (Lipinski definition) is 3. The van der Waals surface area contributed by atoms with E-state index in [-0.39, 0.29) is 5.91 Å². The zero-order valence-electron chi connectivity index (χ0n) is 14.2. The van der Waals surface area contributed by atoms with Crippen molar-refractivity contribution in [1.29, 1.82) is 0 Å². The molecule has 0 bridgehead atoms. The van der Waals surface area contributed by atoms with Crippen LogP contribution in [-0.2, 0) is 11.3 Å². The SMILES string of the molecule is COc1ccc(CNC(=S)NNC(=O)/C=C/c2ccc(C)cc2)cc1. The Labute approximate surface area is 153 Å². The number of nitrogens with one attached hydrogen (secondary N) is 3. The Morgan fingerprint density at radius 3 is 2.40 bits per heavy atom. The van der Waals surface area contributed by atoms with Crippen LogP contribution in [-0.4, -0.2) is 18.1 Å². The molecule has 5 nitrogen and oxygen atoms in total. The minimum Gasteiger partial charge on any atom is -0.497 e. The van der Waals surface area contributed by atoms with Crippen LogP contribution in [0.4, 0.5) is 0 Å². The van der Waals surface area contributed by atoms with Crippen molar-refractivity contribution in [3.8, 4) is 5.75 Å². The summed E-state index contributed by atoms with van der Waals surface area (Å²) >= 11 is 5.13. The van der Waals surface area contributed by atoms with Gasteiger partial charge in [0, 0.05) is 12.6 Å². The first-order chi connectivity index (χ1) is 12.1. The largest absolute Gasteiger partial charge is 0.497 e. The smallest absolute Gasteiger partial charge is 0.262 e. The molecular formula is C19H21N3O2S. The van der Waals surface area contributed by atoms with Crippen molar-refractivity contribution in [2.24, 2.45) is 0 Å². The average Bonchev–Trinajstić information content (AvgIpc) is 2.64. The molecule has 2 aromatic carbocycles. The van der Waals surface area contributed by atoms with E-state index in [9.17, 15) is 4.79 Å². The molecule has 0 aliphatic carbocycles. The van der Waals surface area contributed by atoms with Crippen LogP contribution < -0.4 is 20.9 Å². The lowest BCUT2D eigenvalue weighted by atomic mass is 10.1. The maximum Gasteiger partial charge on any atom is 0.262 e. The van der Waals surface area contributed by atoms with Gasteiger partial charge >= 0.3 is 0 Å². The first-order valence-electron chi connectivity index (χ1n) is 7.78. The molecule has 0 radical (unpaired) electrons. The number of aryl methyl sites for hydroxylation is 1. The van der Waals surface area contributed by atoms with Gasteiger partial charge in [0.25, 0.3) is 5.91 Å². The van der Waals surface area contributed by atoms with E-state index in [1.807, 2.05) is 55.5 Å². The lowest BCUT2D eigenvalue weighted by Gasteiger charge is -2.10. The number of hydrogen-bond acceptors (Lipinski definition) is 3. The van der Waals surface area contributed by atoms with Gasteiger partial charge in [0.1, 0.15) is 5.75 Å². The summed E-state index contributed by atoms with van der Waals surface area (Å²) in [6.07, 6.45) is 3.19. The van der Waals surface area contributed by atoms with Gasteiger partial charge < -0.3 is 10.1 Å². The van der Waals surface area contributed by atoms with Crippen LogP contribution in [0.25, 0.3) is 6.08 Å². The predicted octanol–water partition coefficient (Wildman–Crippen LogP) is 2.71. The third kappa shape index (κ3) is 6.64. The summed E-state index contributed by atoms with van der Waals surface area (Å²) in [5, 5.41) is 3.35. The molecule has 0 heterocycles. The van der Waals surface area contributed by atoms with Crippen LogP contribution in [0.15, 0.2) is 54.6 Å². The number of rotatable bonds is 5. The third-order valence-electron chi connectivity index (χ3n) is 3.42. The number of carbonyl (C=O) groups excluding carboxylic acids is 1. The monoisotopic (exact) mass is 355 g/mol. The second-order valence-corrected chi connectivity index (χ2v) is 5.80. The van der Waals surface area contributed by atoms with Crippen molar-refractivity contribution in [1.82, 2.24) is 16.2 Å². The molecule has 130 valence electrons. The predicted molar refractivity (Wildman–Crippen MR) is 104 cm³/mol. The molecule has 3 N–H and O–H groups in total.